The summed E-state index contributed by atoms with van der Waals surface area (Å²) in [7, 11) is 3.71. The summed E-state index contributed by atoms with van der Waals surface area (Å²) >= 11 is 0. The van der Waals surface area contributed by atoms with Gasteiger partial charge in [-0.1, -0.05) is 12.1 Å². The lowest BCUT2D eigenvalue weighted by molar-refractivity contribution is -0.129. The minimum Gasteiger partial charge on any atom is -0.503 e. The van der Waals surface area contributed by atoms with Crippen molar-refractivity contribution >= 4 is 11.7 Å². The van der Waals surface area contributed by atoms with Gasteiger partial charge in [-0.25, -0.2) is 4.39 Å². The number of hydrogen-bond acceptors (Lipinski definition) is 5. The molecular weight excluding hydrogens is 339 g/mol. The maximum Gasteiger partial charge on any atom is 0.290 e. The van der Waals surface area contributed by atoms with Crippen LogP contribution >= 0.6 is 0 Å². The third kappa shape index (κ3) is 3.25. The van der Waals surface area contributed by atoms with E-state index in [0.717, 1.165) is 0 Å². The number of furan rings is 1. The summed E-state index contributed by atoms with van der Waals surface area (Å²) in [6, 6.07) is 7.74. The Hall–Kier alpha value is -2.93. The van der Waals surface area contributed by atoms with E-state index >= 15 is 0 Å². The fraction of sp³-hybridized carbons (Fsp3) is 0.263. The van der Waals surface area contributed by atoms with E-state index in [1.54, 1.807) is 6.07 Å². The van der Waals surface area contributed by atoms with Gasteiger partial charge in [-0.15, -0.1) is 0 Å². The molecule has 2 aromatic rings. The molecule has 3 rings (SSSR count). The molecule has 0 saturated heterocycles. The minimum atomic E-state index is -0.805. The standard InChI is InChI=1S/C19H19FN2O4/c1-21(2)9-10-22-16(12-5-7-13(20)8-6-12)15(18(24)19(22)25)17(23)14-4-3-11-26-14/h3-8,11,16,24H,9-10H2,1-2H3. The molecule has 1 aliphatic rings. The van der Waals surface area contributed by atoms with Gasteiger partial charge in [-0.05, 0) is 43.9 Å². The molecule has 6 nitrogen and oxygen atoms in total. The molecule has 0 radical (unpaired) electrons. The molecule has 1 atom stereocenters. The summed E-state index contributed by atoms with van der Waals surface area (Å²) in [5.74, 6) is -2.19. The number of ketones is 1. The zero-order valence-corrected chi connectivity index (χ0v) is 14.5. The third-order valence-corrected chi connectivity index (χ3v) is 4.27. The summed E-state index contributed by atoms with van der Waals surface area (Å²) in [5, 5.41) is 10.4. The number of aliphatic hydroxyl groups excluding tert-OH is 1. The van der Waals surface area contributed by atoms with Crippen molar-refractivity contribution in [3.05, 3.63) is 71.1 Å². The third-order valence-electron chi connectivity index (χ3n) is 4.27. The molecule has 1 amide bonds. The number of likely N-dealkylation sites (N-methyl/N-ethyl adjacent to an activating group) is 1. The summed E-state index contributed by atoms with van der Waals surface area (Å²) < 4.78 is 18.5. The molecule has 2 heterocycles. The van der Waals surface area contributed by atoms with Crippen LogP contribution in [-0.2, 0) is 4.79 Å². The quantitative estimate of drug-likeness (QED) is 0.804. The second-order valence-corrected chi connectivity index (χ2v) is 6.32. The topological polar surface area (TPSA) is 74.0 Å². The van der Waals surface area contributed by atoms with Gasteiger partial charge >= 0.3 is 0 Å². The van der Waals surface area contributed by atoms with Crippen molar-refractivity contribution in [1.82, 2.24) is 9.80 Å². The van der Waals surface area contributed by atoms with Crippen molar-refractivity contribution in [1.29, 1.82) is 0 Å². The molecule has 1 N–H and O–H groups in total. The van der Waals surface area contributed by atoms with Crippen molar-refractivity contribution in [2.75, 3.05) is 27.2 Å². The Kier molecular flexibility index (Phi) is 4.90. The van der Waals surface area contributed by atoms with E-state index in [1.807, 2.05) is 19.0 Å². The highest BCUT2D eigenvalue weighted by Gasteiger charge is 2.44. The summed E-state index contributed by atoms with van der Waals surface area (Å²) in [4.78, 5) is 28.7. The molecule has 1 aliphatic heterocycles. The second kappa shape index (κ2) is 7.13. The molecule has 0 spiro atoms. The van der Waals surface area contributed by atoms with Crippen molar-refractivity contribution in [3.8, 4) is 0 Å². The van der Waals surface area contributed by atoms with Crippen LogP contribution in [0.2, 0.25) is 0 Å². The van der Waals surface area contributed by atoms with E-state index in [9.17, 15) is 19.1 Å². The van der Waals surface area contributed by atoms with Crippen molar-refractivity contribution in [2.45, 2.75) is 6.04 Å². The van der Waals surface area contributed by atoms with E-state index in [1.165, 1.54) is 41.5 Å². The van der Waals surface area contributed by atoms with Gasteiger partial charge in [0, 0.05) is 13.1 Å². The van der Waals surface area contributed by atoms with E-state index in [0.29, 0.717) is 18.7 Å². The van der Waals surface area contributed by atoms with Crippen LogP contribution in [0.25, 0.3) is 0 Å². The monoisotopic (exact) mass is 358 g/mol. The summed E-state index contributed by atoms with van der Waals surface area (Å²) in [5.41, 5.74) is 0.479. The molecular formula is C19H19FN2O4. The highest BCUT2D eigenvalue weighted by atomic mass is 19.1. The first-order chi connectivity index (χ1) is 12.4. The average Bonchev–Trinajstić information content (AvgIpc) is 3.22. The molecule has 136 valence electrons. The number of benzene rings is 1. The fourth-order valence-corrected chi connectivity index (χ4v) is 2.96. The molecule has 0 aliphatic carbocycles. The predicted octanol–water partition coefficient (Wildman–Crippen LogP) is 2.56. The van der Waals surface area contributed by atoms with Crippen LogP contribution in [-0.4, -0.2) is 53.8 Å². The van der Waals surface area contributed by atoms with E-state index in [4.69, 9.17) is 4.42 Å². The lowest BCUT2D eigenvalue weighted by atomic mass is 9.95. The number of halogens is 1. The van der Waals surface area contributed by atoms with Crippen LogP contribution in [0.15, 0.2) is 58.4 Å². The maximum absolute atomic E-state index is 13.3. The molecule has 26 heavy (non-hydrogen) atoms. The number of Topliss-reactive ketones (excluding diaryl/α,β-unsaturated/α-hetero) is 1. The first-order valence-corrected chi connectivity index (χ1v) is 8.12. The molecule has 0 bridgehead atoms. The number of carbonyl (C=O) groups is 2. The zero-order valence-electron chi connectivity index (χ0n) is 14.5. The largest absolute Gasteiger partial charge is 0.503 e. The van der Waals surface area contributed by atoms with Gasteiger partial charge in [0.2, 0.25) is 5.78 Å². The van der Waals surface area contributed by atoms with Gasteiger partial charge in [-0.2, -0.15) is 0 Å². The second-order valence-electron chi connectivity index (χ2n) is 6.32. The van der Waals surface area contributed by atoms with Crippen molar-refractivity contribution in [3.63, 3.8) is 0 Å². The SMILES string of the molecule is CN(C)CCN1C(=O)C(O)=C(C(=O)c2ccco2)C1c1ccc(F)cc1. The van der Waals surface area contributed by atoms with Crippen LogP contribution in [0.1, 0.15) is 22.2 Å². The number of carbonyl (C=O) groups excluding carboxylic acids is 2. The van der Waals surface area contributed by atoms with Crippen LogP contribution in [0.3, 0.4) is 0 Å². The smallest absolute Gasteiger partial charge is 0.290 e. The van der Waals surface area contributed by atoms with Crippen LogP contribution < -0.4 is 0 Å². The van der Waals surface area contributed by atoms with E-state index < -0.39 is 29.3 Å². The van der Waals surface area contributed by atoms with Gasteiger partial charge in [0.15, 0.2) is 11.5 Å². The van der Waals surface area contributed by atoms with E-state index in [-0.39, 0.29) is 11.3 Å². The van der Waals surface area contributed by atoms with Crippen molar-refractivity contribution in [2.24, 2.45) is 0 Å². The Balaban J connectivity index is 2.05. The number of amides is 1. The van der Waals surface area contributed by atoms with Crippen LogP contribution in [0.5, 0.6) is 0 Å². The molecule has 1 unspecified atom stereocenters. The zero-order chi connectivity index (χ0) is 18.8. The number of nitrogens with zero attached hydrogens (tertiary/aromatic N) is 2. The van der Waals surface area contributed by atoms with Gasteiger partial charge in [-0.3, -0.25) is 9.59 Å². The highest BCUT2D eigenvalue weighted by Crippen LogP contribution is 2.38. The Bertz CT molecular complexity index is 841. The number of rotatable bonds is 6. The van der Waals surface area contributed by atoms with Gasteiger partial charge in [0.25, 0.3) is 5.91 Å². The molecule has 1 aromatic carbocycles. The lowest BCUT2D eigenvalue weighted by Crippen LogP contribution is -2.36. The van der Waals surface area contributed by atoms with Gasteiger partial charge < -0.3 is 19.3 Å². The molecule has 7 heteroatoms. The number of hydrogen-bond donors (Lipinski definition) is 1. The van der Waals surface area contributed by atoms with Crippen molar-refractivity contribution < 1.29 is 23.5 Å². The van der Waals surface area contributed by atoms with E-state index in [2.05, 4.69) is 0 Å². The number of aliphatic hydroxyl groups is 1. The van der Waals surface area contributed by atoms with Crippen LogP contribution in [0, 0.1) is 5.82 Å². The summed E-state index contributed by atoms with van der Waals surface area (Å²) in [6.07, 6.45) is 1.35. The minimum absolute atomic E-state index is 0.0286. The Labute approximate surface area is 150 Å². The highest BCUT2D eigenvalue weighted by molar-refractivity contribution is 6.15. The van der Waals surface area contributed by atoms with Crippen LogP contribution in [0.4, 0.5) is 4.39 Å². The Morgan fingerprint density at radius 1 is 1.27 bits per heavy atom. The van der Waals surface area contributed by atoms with Gasteiger partial charge in [0.1, 0.15) is 5.82 Å². The normalized spacial score (nSPS) is 17.5. The first-order valence-electron chi connectivity index (χ1n) is 8.12. The first kappa shape index (κ1) is 17.9. The molecule has 0 fully saturated rings. The maximum atomic E-state index is 13.3. The Morgan fingerprint density at radius 2 is 1.96 bits per heavy atom. The van der Waals surface area contributed by atoms with Gasteiger partial charge in [0.05, 0.1) is 17.9 Å². The molecule has 1 aromatic heterocycles. The molecule has 0 saturated carbocycles. The summed E-state index contributed by atoms with van der Waals surface area (Å²) in [6.45, 7) is 0.839. The predicted molar refractivity (Wildman–Crippen MR) is 92.1 cm³/mol. The fourth-order valence-electron chi connectivity index (χ4n) is 2.96. The lowest BCUT2D eigenvalue weighted by Gasteiger charge is -2.27. The average molecular weight is 358 g/mol. The Morgan fingerprint density at radius 3 is 2.54 bits per heavy atom.